The SMILES string of the molecule is CC(C)N.I[I-]I. The van der Waals surface area contributed by atoms with Crippen LogP contribution in [-0.4, -0.2) is 6.04 Å². The van der Waals surface area contributed by atoms with Crippen LogP contribution in [0.5, 0.6) is 0 Å². The number of halogens is 3. The molecule has 0 radical (unpaired) electrons. The van der Waals surface area contributed by atoms with Gasteiger partial charge < -0.3 is 5.73 Å². The quantitative estimate of drug-likeness (QED) is 0.488. The fourth-order valence-electron chi connectivity index (χ4n) is 0. The number of nitrogens with two attached hydrogens (primary N) is 1. The predicted octanol–water partition coefficient (Wildman–Crippen LogP) is -0.871. The van der Waals surface area contributed by atoms with Gasteiger partial charge in [-0.15, -0.1) is 0 Å². The van der Waals surface area contributed by atoms with Crippen molar-refractivity contribution in [2.75, 3.05) is 0 Å². The molecular formula is C3H9I3N-. The van der Waals surface area contributed by atoms with Gasteiger partial charge in [0.25, 0.3) is 0 Å². The van der Waals surface area contributed by atoms with Gasteiger partial charge in [-0.3, -0.25) is 0 Å². The van der Waals surface area contributed by atoms with Gasteiger partial charge in [-0.05, 0) is 6.04 Å². The molecule has 1 nitrogen and oxygen atoms in total. The van der Waals surface area contributed by atoms with Crippen molar-refractivity contribution in [2.24, 2.45) is 5.73 Å². The van der Waals surface area contributed by atoms with E-state index < -0.39 is 0 Å². The molecule has 0 aliphatic carbocycles. The van der Waals surface area contributed by atoms with E-state index in [0.29, 0.717) is 19.3 Å². The first-order valence-corrected chi connectivity index (χ1v) is 14.3. The van der Waals surface area contributed by atoms with Gasteiger partial charge in [0.2, 0.25) is 0 Å². The van der Waals surface area contributed by atoms with Gasteiger partial charge in [-0.2, -0.15) is 0 Å². The van der Waals surface area contributed by atoms with Crippen molar-refractivity contribution in [2.45, 2.75) is 19.9 Å². The van der Waals surface area contributed by atoms with E-state index in [2.05, 4.69) is 37.2 Å². The second-order valence-corrected chi connectivity index (χ2v) is 17.5. The minimum atomic E-state index is 0.333. The topological polar surface area (TPSA) is 26.0 Å². The van der Waals surface area contributed by atoms with E-state index >= 15 is 0 Å². The third kappa shape index (κ3) is 66.7. The van der Waals surface area contributed by atoms with Crippen molar-refractivity contribution in [3.05, 3.63) is 0 Å². The Hall–Kier alpha value is 2.15. The summed E-state index contributed by atoms with van der Waals surface area (Å²) >= 11 is 5.30. The average molecular weight is 440 g/mol. The zero-order valence-corrected chi connectivity index (χ0v) is 10.8. The number of hydrogen-bond acceptors (Lipinski definition) is 1. The zero-order valence-electron chi connectivity index (χ0n) is 4.29. The van der Waals surface area contributed by atoms with Crippen molar-refractivity contribution < 1.29 is 13.3 Å². The fourth-order valence-corrected chi connectivity index (χ4v) is 0. The molecule has 0 aromatic heterocycles. The van der Waals surface area contributed by atoms with E-state index in [1.54, 1.807) is 0 Å². The average Bonchev–Trinajstić information content (AvgIpc) is 1.33. The molecule has 48 valence electrons. The van der Waals surface area contributed by atoms with E-state index in [4.69, 9.17) is 5.73 Å². The Labute approximate surface area is 74.8 Å². The third-order valence-electron chi connectivity index (χ3n) is 0. The zero-order chi connectivity index (χ0) is 6.28. The minimum absolute atomic E-state index is 0.333. The molecule has 0 bridgehead atoms. The van der Waals surface area contributed by atoms with Crippen LogP contribution in [0.3, 0.4) is 0 Å². The maximum atomic E-state index is 5.11. The summed E-state index contributed by atoms with van der Waals surface area (Å²) in [5.74, 6) is 0. The van der Waals surface area contributed by atoms with E-state index in [0.717, 1.165) is 0 Å². The molecule has 0 unspecified atom stereocenters. The van der Waals surface area contributed by atoms with Gasteiger partial charge >= 0.3 is 50.5 Å². The standard InChI is InChI=1S/C3H9N.I3/c1-3(2)4;1-3-2/h3H,4H2,1-2H3;/q;-1. The Morgan fingerprint density at radius 3 is 1.43 bits per heavy atom. The van der Waals surface area contributed by atoms with E-state index in [1.165, 1.54) is 0 Å². The first-order chi connectivity index (χ1) is 3.15. The molecule has 2 N–H and O–H groups in total. The Bertz CT molecular complexity index is 21.4. The molecule has 0 heterocycles. The molecule has 4 heteroatoms. The summed E-state index contributed by atoms with van der Waals surface area (Å²) in [7, 11) is 0. The van der Waals surface area contributed by atoms with E-state index in [-0.39, 0.29) is 0 Å². The first-order valence-electron chi connectivity index (χ1n) is 1.77. The molecule has 7 heavy (non-hydrogen) atoms. The summed E-state index contributed by atoms with van der Waals surface area (Å²) < 4.78 is 0. The first kappa shape index (κ1) is 11.9. The number of rotatable bonds is 0. The summed E-state index contributed by atoms with van der Waals surface area (Å²) in [5.41, 5.74) is 5.11. The van der Waals surface area contributed by atoms with Gasteiger partial charge in [0, 0.05) is 0 Å². The van der Waals surface area contributed by atoms with Crippen molar-refractivity contribution in [3.63, 3.8) is 0 Å². The van der Waals surface area contributed by atoms with Crippen molar-refractivity contribution in [1.82, 2.24) is 0 Å². The summed E-state index contributed by atoms with van der Waals surface area (Å²) in [4.78, 5) is 0. The van der Waals surface area contributed by atoms with E-state index in [9.17, 15) is 0 Å². The Morgan fingerprint density at radius 2 is 1.43 bits per heavy atom. The van der Waals surface area contributed by atoms with Crippen molar-refractivity contribution in [3.8, 4) is 0 Å². The molecule has 0 atom stereocenters. The molecule has 0 saturated carbocycles. The summed E-state index contributed by atoms with van der Waals surface area (Å²) in [5, 5.41) is 0. The van der Waals surface area contributed by atoms with Crippen LogP contribution < -0.4 is 19.0 Å². The van der Waals surface area contributed by atoms with Crippen LogP contribution in [0.25, 0.3) is 0 Å². The predicted molar refractivity (Wildman–Crippen MR) is 47.4 cm³/mol. The molecule has 0 rings (SSSR count). The van der Waals surface area contributed by atoms with Crippen LogP contribution in [0.1, 0.15) is 13.8 Å². The van der Waals surface area contributed by atoms with Gasteiger partial charge in [0.1, 0.15) is 0 Å². The Balaban J connectivity index is 0. The van der Waals surface area contributed by atoms with Gasteiger partial charge in [0.05, 0.1) is 0 Å². The van der Waals surface area contributed by atoms with Crippen LogP contribution in [0.4, 0.5) is 0 Å². The molecule has 0 aliphatic rings. The molecule has 0 amide bonds. The van der Waals surface area contributed by atoms with Crippen LogP contribution in [-0.2, 0) is 0 Å². The van der Waals surface area contributed by atoms with Crippen LogP contribution in [0, 0.1) is 0 Å². The monoisotopic (exact) mass is 440 g/mol. The van der Waals surface area contributed by atoms with Crippen molar-refractivity contribution >= 4 is 37.2 Å². The Morgan fingerprint density at radius 1 is 1.43 bits per heavy atom. The molecule has 0 aromatic carbocycles. The second kappa shape index (κ2) is 11.0. The van der Waals surface area contributed by atoms with Gasteiger partial charge in [-0.1, -0.05) is 13.8 Å². The van der Waals surface area contributed by atoms with Crippen molar-refractivity contribution in [1.29, 1.82) is 0 Å². The summed E-state index contributed by atoms with van der Waals surface area (Å²) in [6.07, 6.45) is 0. The number of hydrogen-bond donors (Lipinski definition) is 1. The third-order valence-corrected chi connectivity index (χ3v) is 0. The van der Waals surface area contributed by atoms with Crippen LogP contribution >= 0.6 is 37.2 Å². The maximum absolute atomic E-state index is 5.11. The van der Waals surface area contributed by atoms with Gasteiger partial charge in [0.15, 0.2) is 0 Å². The summed E-state index contributed by atoms with van der Waals surface area (Å²) in [6.45, 7) is 3.89. The normalized spacial score (nSPS) is 8.29. The fraction of sp³-hybridized carbons (Fsp3) is 1.00. The van der Waals surface area contributed by atoms with Gasteiger partial charge in [-0.25, -0.2) is 0 Å². The Kier molecular flexibility index (Phi) is 18.7. The molecular weight excluding hydrogens is 431 g/mol. The molecule has 0 aromatic rings. The molecule has 0 aliphatic heterocycles. The van der Waals surface area contributed by atoms with E-state index in [1.807, 2.05) is 13.8 Å². The summed E-state index contributed by atoms with van der Waals surface area (Å²) in [6, 6.07) is 0.333. The van der Waals surface area contributed by atoms with Crippen LogP contribution in [0.15, 0.2) is 0 Å². The molecule has 0 fully saturated rings. The molecule has 0 saturated heterocycles. The van der Waals surface area contributed by atoms with Crippen LogP contribution in [0.2, 0.25) is 0 Å². The molecule has 0 spiro atoms. The second-order valence-electron chi connectivity index (χ2n) is 1.30.